The number of anilines is 1. The lowest BCUT2D eigenvalue weighted by Gasteiger charge is -2.33. The van der Waals surface area contributed by atoms with Gasteiger partial charge in [0.25, 0.3) is 0 Å². The molecule has 2 N–H and O–H groups in total. The Balaban J connectivity index is 2.03. The van der Waals surface area contributed by atoms with Gasteiger partial charge in [-0.25, -0.2) is 0 Å². The van der Waals surface area contributed by atoms with Crippen LogP contribution < -0.4 is 4.90 Å². The average Bonchev–Trinajstić information content (AvgIpc) is 2.78. The number of hydrogen-bond acceptors (Lipinski definition) is 6. The fourth-order valence-electron chi connectivity index (χ4n) is 1.96. The summed E-state index contributed by atoms with van der Waals surface area (Å²) in [7, 11) is 0. The lowest BCUT2D eigenvalue weighted by Crippen LogP contribution is -2.45. The quantitative estimate of drug-likeness (QED) is 0.795. The fourth-order valence-corrected chi connectivity index (χ4v) is 1.96. The Morgan fingerprint density at radius 2 is 2.29 bits per heavy atom. The first-order chi connectivity index (χ1) is 8.11. The van der Waals surface area contributed by atoms with Crippen molar-refractivity contribution < 1.29 is 14.7 Å². The Labute approximate surface area is 100 Å². The number of nitrogens with zero attached hydrogens (tertiary/aromatic N) is 3. The van der Waals surface area contributed by atoms with Crippen molar-refractivity contribution in [3.63, 3.8) is 0 Å². The fraction of sp³-hybridized carbons (Fsp3) is 0.818. The molecule has 0 bridgehead atoms. The van der Waals surface area contributed by atoms with Gasteiger partial charge in [0.1, 0.15) is 0 Å². The molecule has 1 saturated heterocycles. The zero-order chi connectivity index (χ0) is 12.4. The predicted octanol–water partition coefficient (Wildman–Crippen LogP) is 0.372. The van der Waals surface area contributed by atoms with Gasteiger partial charge in [-0.15, -0.1) is 0 Å². The van der Waals surface area contributed by atoms with Crippen LogP contribution in [-0.2, 0) is 0 Å². The van der Waals surface area contributed by atoms with Gasteiger partial charge in [-0.2, -0.15) is 4.98 Å². The number of aromatic nitrogens is 2. The zero-order valence-electron chi connectivity index (χ0n) is 10.2. The number of aliphatic hydroxyl groups excluding tert-OH is 2. The van der Waals surface area contributed by atoms with Crippen molar-refractivity contribution in [3.05, 3.63) is 5.82 Å². The van der Waals surface area contributed by atoms with Crippen LogP contribution in [-0.4, -0.2) is 46.2 Å². The van der Waals surface area contributed by atoms with E-state index in [1.165, 1.54) is 0 Å². The molecule has 2 atom stereocenters. The molecule has 1 fully saturated rings. The van der Waals surface area contributed by atoms with Gasteiger partial charge in [0.2, 0.25) is 0 Å². The van der Waals surface area contributed by atoms with Crippen LogP contribution in [0.25, 0.3) is 0 Å². The number of rotatable bonds is 3. The van der Waals surface area contributed by atoms with E-state index in [2.05, 4.69) is 10.1 Å². The number of piperidine rings is 1. The number of hydrogen-bond donors (Lipinski definition) is 2. The van der Waals surface area contributed by atoms with Gasteiger partial charge < -0.3 is 19.6 Å². The van der Waals surface area contributed by atoms with Crippen molar-refractivity contribution in [2.75, 3.05) is 24.6 Å². The lowest BCUT2D eigenvalue weighted by atomic mass is 9.95. The second-order valence-corrected chi connectivity index (χ2v) is 4.83. The van der Waals surface area contributed by atoms with Gasteiger partial charge in [-0.05, 0) is 6.42 Å². The van der Waals surface area contributed by atoms with Crippen LogP contribution in [0.2, 0.25) is 0 Å². The molecule has 0 amide bonds. The summed E-state index contributed by atoms with van der Waals surface area (Å²) >= 11 is 0. The summed E-state index contributed by atoms with van der Waals surface area (Å²) in [5.74, 6) is 0.866. The average molecular weight is 241 g/mol. The van der Waals surface area contributed by atoms with E-state index < -0.39 is 6.10 Å². The van der Waals surface area contributed by atoms with Gasteiger partial charge >= 0.3 is 6.01 Å². The maximum absolute atomic E-state index is 9.83. The Hall–Kier alpha value is -1.14. The summed E-state index contributed by atoms with van der Waals surface area (Å²) in [6.45, 7) is 5.19. The maximum Gasteiger partial charge on any atom is 0.324 e. The van der Waals surface area contributed by atoms with E-state index in [0.29, 0.717) is 18.4 Å². The van der Waals surface area contributed by atoms with Crippen molar-refractivity contribution in [1.82, 2.24) is 10.1 Å². The van der Waals surface area contributed by atoms with Crippen molar-refractivity contribution >= 4 is 6.01 Å². The molecule has 0 aliphatic carbocycles. The summed E-state index contributed by atoms with van der Waals surface area (Å²) in [5, 5.41) is 22.8. The third-order valence-electron chi connectivity index (χ3n) is 3.17. The minimum absolute atomic E-state index is 0.0239. The Morgan fingerprint density at radius 1 is 1.53 bits per heavy atom. The monoisotopic (exact) mass is 241 g/mol. The maximum atomic E-state index is 9.83. The van der Waals surface area contributed by atoms with E-state index in [9.17, 15) is 5.11 Å². The highest BCUT2D eigenvalue weighted by Gasteiger charge is 2.29. The molecular formula is C11H19N3O3. The zero-order valence-corrected chi connectivity index (χ0v) is 10.2. The smallest absolute Gasteiger partial charge is 0.324 e. The molecule has 6 nitrogen and oxygen atoms in total. The van der Waals surface area contributed by atoms with Crippen molar-refractivity contribution in [1.29, 1.82) is 0 Å². The Bertz CT molecular complexity index is 367. The van der Waals surface area contributed by atoms with E-state index in [1.54, 1.807) is 0 Å². The number of aliphatic hydroxyl groups is 2. The first kappa shape index (κ1) is 12.3. The molecule has 2 rings (SSSR count). The standard InChI is InChI=1S/C11H19N3O3/c1-7(2)10-12-11(17-13-10)14-4-3-8(6-15)9(16)5-14/h7-9,15-16H,3-6H2,1-2H3/t8-,9-/m0/s1. The molecule has 0 saturated carbocycles. The minimum Gasteiger partial charge on any atom is -0.396 e. The van der Waals surface area contributed by atoms with Crippen molar-refractivity contribution in [2.45, 2.75) is 32.3 Å². The van der Waals surface area contributed by atoms with Crippen LogP contribution in [0.15, 0.2) is 4.52 Å². The van der Waals surface area contributed by atoms with Gasteiger partial charge in [-0.3, -0.25) is 0 Å². The summed E-state index contributed by atoms with van der Waals surface area (Å²) < 4.78 is 5.17. The van der Waals surface area contributed by atoms with Crippen LogP contribution in [0.1, 0.15) is 32.0 Å². The minimum atomic E-state index is -0.539. The van der Waals surface area contributed by atoms with E-state index in [0.717, 1.165) is 13.0 Å². The molecular weight excluding hydrogens is 222 g/mol. The molecule has 17 heavy (non-hydrogen) atoms. The first-order valence-electron chi connectivity index (χ1n) is 5.99. The molecule has 1 aliphatic rings. The molecule has 0 unspecified atom stereocenters. The van der Waals surface area contributed by atoms with Crippen LogP contribution in [0.4, 0.5) is 6.01 Å². The normalized spacial score (nSPS) is 25.6. The van der Waals surface area contributed by atoms with Crippen LogP contribution in [0, 0.1) is 5.92 Å². The van der Waals surface area contributed by atoms with Crippen LogP contribution in [0.3, 0.4) is 0 Å². The molecule has 1 aromatic heterocycles. The van der Waals surface area contributed by atoms with Crippen molar-refractivity contribution in [3.8, 4) is 0 Å². The molecule has 0 radical (unpaired) electrons. The Kier molecular flexibility index (Phi) is 3.63. The molecule has 1 aliphatic heterocycles. The largest absolute Gasteiger partial charge is 0.396 e. The molecule has 96 valence electrons. The lowest BCUT2D eigenvalue weighted by molar-refractivity contribution is 0.0531. The summed E-state index contributed by atoms with van der Waals surface area (Å²) in [6, 6.07) is 0.462. The highest BCUT2D eigenvalue weighted by Crippen LogP contribution is 2.23. The van der Waals surface area contributed by atoms with Gasteiger partial charge in [0.15, 0.2) is 5.82 Å². The highest BCUT2D eigenvalue weighted by atomic mass is 16.5. The molecule has 1 aromatic rings. The van der Waals surface area contributed by atoms with Gasteiger partial charge in [-0.1, -0.05) is 19.0 Å². The highest BCUT2D eigenvalue weighted by molar-refractivity contribution is 5.27. The predicted molar refractivity (Wildman–Crippen MR) is 61.8 cm³/mol. The summed E-state index contributed by atoms with van der Waals surface area (Å²) in [4.78, 5) is 6.16. The molecule has 0 spiro atoms. The summed E-state index contributed by atoms with van der Waals surface area (Å²) in [5.41, 5.74) is 0. The Morgan fingerprint density at radius 3 is 2.82 bits per heavy atom. The van der Waals surface area contributed by atoms with Crippen LogP contribution in [0.5, 0.6) is 0 Å². The molecule has 0 aromatic carbocycles. The number of β-amino-alcohol motifs (C(OH)–C–C–N with tert-alkyl or cyclic N) is 1. The second-order valence-electron chi connectivity index (χ2n) is 4.83. The third kappa shape index (κ3) is 2.58. The topological polar surface area (TPSA) is 82.6 Å². The van der Waals surface area contributed by atoms with Gasteiger partial charge in [0.05, 0.1) is 6.10 Å². The van der Waals surface area contributed by atoms with E-state index in [1.807, 2.05) is 18.7 Å². The van der Waals surface area contributed by atoms with Crippen molar-refractivity contribution in [2.24, 2.45) is 5.92 Å². The SMILES string of the molecule is CC(C)c1noc(N2CC[C@@H](CO)[C@@H](O)C2)n1. The summed E-state index contributed by atoms with van der Waals surface area (Å²) in [6.07, 6.45) is 0.194. The molecule has 6 heteroatoms. The van der Waals surface area contributed by atoms with E-state index in [-0.39, 0.29) is 18.4 Å². The molecule has 2 heterocycles. The first-order valence-corrected chi connectivity index (χ1v) is 5.99. The van der Waals surface area contributed by atoms with E-state index >= 15 is 0 Å². The second kappa shape index (κ2) is 5.01. The van der Waals surface area contributed by atoms with Gasteiger partial charge in [0, 0.05) is 31.5 Å². The third-order valence-corrected chi connectivity index (χ3v) is 3.17. The van der Waals surface area contributed by atoms with Crippen LogP contribution >= 0.6 is 0 Å². The van der Waals surface area contributed by atoms with E-state index in [4.69, 9.17) is 9.63 Å².